The molecular formula is C26H23N. The molecule has 1 heterocycles. The van der Waals surface area contributed by atoms with Gasteiger partial charge in [-0.2, -0.15) is 0 Å². The maximum absolute atomic E-state index is 5.01. The van der Waals surface area contributed by atoms with Crippen LogP contribution in [-0.4, -0.2) is 4.98 Å². The number of aromatic nitrogens is 1. The van der Waals surface area contributed by atoms with Gasteiger partial charge in [-0.3, -0.25) is 0 Å². The Balaban J connectivity index is 1.94. The Kier molecular flexibility index (Phi) is 4.60. The van der Waals surface area contributed by atoms with E-state index < -0.39 is 0 Å². The smallest absolute Gasteiger partial charge is 0.0715 e. The molecule has 0 saturated heterocycles. The first-order valence-corrected chi connectivity index (χ1v) is 9.33. The SMILES string of the molecule is Cc1cc(-c2cc(-c3ccccc3)cc(-c3ccccc3)n2)cc(C)c1C. The molecule has 0 bridgehead atoms. The van der Waals surface area contributed by atoms with Gasteiger partial charge in [0.15, 0.2) is 0 Å². The quantitative estimate of drug-likeness (QED) is 0.388. The summed E-state index contributed by atoms with van der Waals surface area (Å²) in [6, 6.07) is 29.8. The topological polar surface area (TPSA) is 12.9 Å². The summed E-state index contributed by atoms with van der Waals surface area (Å²) >= 11 is 0. The van der Waals surface area contributed by atoms with E-state index in [0.29, 0.717) is 0 Å². The minimum Gasteiger partial charge on any atom is -0.248 e. The highest BCUT2D eigenvalue weighted by Gasteiger charge is 2.10. The van der Waals surface area contributed by atoms with Gasteiger partial charge in [0, 0.05) is 11.1 Å². The molecule has 0 aliphatic rings. The van der Waals surface area contributed by atoms with E-state index in [1.165, 1.54) is 33.4 Å². The largest absolute Gasteiger partial charge is 0.248 e. The third kappa shape index (κ3) is 3.54. The summed E-state index contributed by atoms with van der Waals surface area (Å²) in [6.07, 6.45) is 0. The highest BCUT2D eigenvalue weighted by molar-refractivity contribution is 5.77. The maximum Gasteiger partial charge on any atom is 0.0715 e. The molecule has 0 saturated carbocycles. The van der Waals surface area contributed by atoms with Gasteiger partial charge >= 0.3 is 0 Å². The van der Waals surface area contributed by atoms with Crippen molar-refractivity contribution in [3.8, 4) is 33.6 Å². The van der Waals surface area contributed by atoms with Gasteiger partial charge in [0.05, 0.1) is 11.4 Å². The highest BCUT2D eigenvalue weighted by Crippen LogP contribution is 2.31. The Morgan fingerprint density at radius 2 is 0.963 bits per heavy atom. The molecule has 0 unspecified atom stereocenters. The number of hydrogen-bond acceptors (Lipinski definition) is 1. The molecule has 3 aromatic carbocycles. The molecule has 0 radical (unpaired) electrons. The van der Waals surface area contributed by atoms with E-state index in [-0.39, 0.29) is 0 Å². The Morgan fingerprint density at radius 1 is 0.481 bits per heavy atom. The molecule has 0 spiro atoms. The van der Waals surface area contributed by atoms with Crippen molar-refractivity contribution in [1.82, 2.24) is 4.98 Å². The van der Waals surface area contributed by atoms with Crippen LogP contribution in [-0.2, 0) is 0 Å². The van der Waals surface area contributed by atoms with Crippen LogP contribution >= 0.6 is 0 Å². The van der Waals surface area contributed by atoms with E-state index in [4.69, 9.17) is 4.98 Å². The molecule has 1 nitrogen and oxygen atoms in total. The van der Waals surface area contributed by atoms with E-state index in [1.807, 2.05) is 6.07 Å². The average Bonchev–Trinajstić information content (AvgIpc) is 2.72. The molecular weight excluding hydrogens is 326 g/mol. The molecule has 132 valence electrons. The molecule has 1 aromatic heterocycles. The van der Waals surface area contributed by atoms with Crippen molar-refractivity contribution < 1.29 is 0 Å². The summed E-state index contributed by atoms with van der Waals surface area (Å²) in [4.78, 5) is 5.01. The van der Waals surface area contributed by atoms with Crippen LogP contribution in [0.5, 0.6) is 0 Å². The van der Waals surface area contributed by atoms with Crippen LogP contribution in [0.25, 0.3) is 33.6 Å². The summed E-state index contributed by atoms with van der Waals surface area (Å²) in [5, 5.41) is 0. The zero-order chi connectivity index (χ0) is 18.8. The van der Waals surface area contributed by atoms with Crippen molar-refractivity contribution in [2.75, 3.05) is 0 Å². The molecule has 4 aromatic rings. The monoisotopic (exact) mass is 349 g/mol. The Hall–Kier alpha value is -3.19. The number of rotatable bonds is 3. The molecule has 1 heteroatoms. The summed E-state index contributed by atoms with van der Waals surface area (Å²) in [7, 11) is 0. The van der Waals surface area contributed by atoms with Crippen molar-refractivity contribution >= 4 is 0 Å². The van der Waals surface area contributed by atoms with Crippen LogP contribution in [0.15, 0.2) is 84.9 Å². The van der Waals surface area contributed by atoms with Crippen LogP contribution in [0.4, 0.5) is 0 Å². The van der Waals surface area contributed by atoms with E-state index >= 15 is 0 Å². The van der Waals surface area contributed by atoms with Gasteiger partial charge in [0.1, 0.15) is 0 Å². The van der Waals surface area contributed by atoms with Gasteiger partial charge < -0.3 is 0 Å². The Bertz CT molecular complexity index is 999. The van der Waals surface area contributed by atoms with E-state index in [2.05, 4.69) is 99.6 Å². The predicted molar refractivity (Wildman–Crippen MR) is 115 cm³/mol. The fourth-order valence-corrected chi connectivity index (χ4v) is 3.42. The lowest BCUT2D eigenvalue weighted by molar-refractivity contribution is 1.25. The van der Waals surface area contributed by atoms with Crippen molar-refractivity contribution in [1.29, 1.82) is 0 Å². The second kappa shape index (κ2) is 7.20. The molecule has 27 heavy (non-hydrogen) atoms. The normalized spacial score (nSPS) is 10.8. The van der Waals surface area contributed by atoms with Crippen LogP contribution in [0.3, 0.4) is 0 Å². The number of benzene rings is 3. The van der Waals surface area contributed by atoms with Gasteiger partial charge in [0.25, 0.3) is 0 Å². The van der Waals surface area contributed by atoms with Gasteiger partial charge in [-0.25, -0.2) is 4.98 Å². The van der Waals surface area contributed by atoms with Gasteiger partial charge in [0.2, 0.25) is 0 Å². The van der Waals surface area contributed by atoms with Crippen LogP contribution in [0, 0.1) is 20.8 Å². The lowest BCUT2D eigenvalue weighted by atomic mass is 9.96. The van der Waals surface area contributed by atoms with Gasteiger partial charge in [-0.05, 0) is 72.9 Å². The maximum atomic E-state index is 5.01. The predicted octanol–water partition coefficient (Wildman–Crippen LogP) is 7.01. The van der Waals surface area contributed by atoms with E-state index in [1.54, 1.807) is 0 Å². The third-order valence-electron chi connectivity index (χ3n) is 5.22. The minimum absolute atomic E-state index is 1.00. The van der Waals surface area contributed by atoms with Crippen molar-refractivity contribution in [2.24, 2.45) is 0 Å². The zero-order valence-corrected chi connectivity index (χ0v) is 16.0. The second-order valence-electron chi connectivity index (χ2n) is 7.09. The highest BCUT2D eigenvalue weighted by atomic mass is 14.7. The fraction of sp³-hybridized carbons (Fsp3) is 0.115. The van der Waals surface area contributed by atoms with Gasteiger partial charge in [-0.1, -0.05) is 60.7 Å². The summed E-state index contributed by atoms with van der Waals surface area (Å²) in [5.74, 6) is 0. The Labute approximate surface area is 161 Å². The first kappa shape index (κ1) is 17.2. The van der Waals surface area contributed by atoms with Crippen LogP contribution in [0.2, 0.25) is 0 Å². The van der Waals surface area contributed by atoms with E-state index in [9.17, 15) is 0 Å². The van der Waals surface area contributed by atoms with Crippen LogP contribution < -0.4 is 0 Å². The van der Waals surface area contributed by atoms with Crippen molar-refractivity contribution in [2.45, 2.75) is 20.8 Å². The minimum atomic E-state index is 1.00. The zero-order valence-electron chi connectivity index (χ0n) is 16.0. The van der Waals surface area contributed by atoms with Crippen molar-refractivity contribution in [3.05, 3.63) is 102 Å². The van der Waals surface area contributed by atoms with Crippen LogP contribution in [0.1, 0.15) is 16.7 Å². The fourth-order valence-electron chi connectivity index (χ4n) is 3.42. The van der Waals surface area contributed by atoms with Gasteiger partial charge in [-0.15, -0.1) is 0 Å². The molecule has 0 N–H and O–H groups in total. The Morgan fingerprint density at radius 3 is 1.52 bits per heavy atom. The van der Waals surface area contributed by atoms with Crippen molar-refractivity contribution in [3.63, 3.8) is 0 Å². The summed E-state index contributed by atoms with van der Waals surface area (Å²) in [5.41, 5.74) is 10.7. The second-order valence-corrected chi connectivity index (χ2v) is 7.09. The first-order valence-electron chi connectivity index (χ1n) is 9.33. The number of nitrogens with zero attached hydrogens (tertiary/aromatic N) is 1. The number of hydrogen-bond donors (Lipinski definition) is 0. The standard InChI is InChI=1S/C26H23N/c1-18-14-24(15-19(2)20(18)3)26-17-23(21-10-6-4-7-11-21)16-25(27-26)22-12-8-5-9-13-22/h4-17H,1-3H3. The average molecular weight is 349 g/mol. The molecule has 0 amide bonds. The third-order valence-corrected chi connectivity index (χ3v) is 5.22. The summed E-state index contributed by atoms with van der Waals surface area (Å²) in [6.45, 7) is 6.52. The number of pyridine rings is 1. The van der Waals surface area contributed by atoms with E-state index in [0.717, 1.165) is 17.0 Å². The molecule has 0 atom stereocenters. The molecule has 0 aliphatic carbocycles. The number of aryl methyl sites for hydroxylation is 2. The molecule has 4 rings (SSSR count). The lowest BCUT2D eigenvalue weighted by Gasteiger charge is -2.13. The molecule has 0 aliphatic heterocycles. The lowest BCUT2D eigenvalue weighted by Crippen LogP contribution is -1.94. The first-order chi connectivity index (χ1) is 13.1. The molecule has 0 fully saturated rings. The summed E-state index contributed by atoms with van der Waals surface area (Å²) < 4.78 is 0.